The molecule has 0 fully saturated rings. The van der Waals surface area contributed by atoms with Crippen LogP contribution in [0.25, 0.3) is 0 Å². The molecule has 1 aromatic carbocycles. The van der Waals surface area contributed by atoms with Gasteiger partial charge in [-0.1, -0.05) is 23.9 Å². The fourth-order valence-corrected chi connectivity index (χ4v) is 2.73. The molecule has 21 heavy (non-hydrogen) atoms. The number of hydrogen-bond donors (Lipinski definition) is 1. The number of aryl methyl sites for hydroxylation is 1. The molecule has 2 amide bonds. The van der Waals surface area contributed by atoms with Gasteiger partial charge in [0.1, 0.15) is 6.54 Å². The summed E-state index contributed by atoms with van der Waals surface area (Å²) in [5.41, 5.74) is 1.35. The molecule has 0 aliphatic carbocycles. The number of carbonyl (C=O) groups is 2. The van der Waals surface area contributed by atoms with Gasteiger partial charge >= 0.3 is 0 Å². The highest BCUT2D eigenvalue weighted by Gasteiger charge is 2.26. The van der Waals surface area contributed by atoms with Crippen molar-refractivity contribution >= 4 is 35.0 Å². The first-order valence-electron chi connectivity index (χ1n) is 6.19. The zero-order valence-corrected chi connectivity index (χ0v) is 12.0. The molecule has 0 spiro atoms. The number of amides is 2. The maximum Gasteiger partial charge on any atom is 0.244 e. The summed E-state index contributed by atoms with van der Waals surface area (Å²) >= 11 is 1.24. The lowest BCUT2D eigenvalue weighted by molar-refractivity contribution is -0.120. The van der Waals surface area contributed by atoms with Gasteiger partial charge in [0.25, 0.3) is 0 Å². The van der Waals surface area contributed by atoms with Crippen molar-refractivity contribution in [2.24, 2.45) is 7.05 Å². The molecular formula is C12H12N6O2S. The summed E-state index contributed by atoms with van der Waals surface area (Å²) in [6.07, 6.45) is 0. The van der Waals surface area contributed by atoms with Crippen molar-refractivity contribution in [3.05, 3.63) is 24.3 Å². The van der Waals surface area contributed by atoms with Crippen molar-refractivity contribution in [2.45, 2.75) is 5.16 Å². The van der Waals surface area contributed by atoms with Crippen LogP contribution in [0.2, 0.25) is 0 Å². The molecule has 108 valence electrons. The molecule has 1 aliphatic heterocycles. The van der Waals surface area contributed by atoms with Crippen molar-refractivity contribution in [3.8, 4) is 0 Å². The Bertz CT molecular complexity index is 701. The number of benzene rings is 1. The minimum atomic E-state index is -0.202. The lowest BCUT2D eigenvalue weighted by Crippen LogP contribution is -2.43. The van der Waals surface area contributed by atoms with Gasteiger partial charge in [-0.15, -0.1) is 5.10 Å². The Morgan fingerprint density at radius 1 is 1.43 bits per heavy atom. The number of aromatic nitrogens is 4. The number of hydrogen-bond acceptors (Lipinski definition) is 6. The van der Waals surface area contributed by atoms with E-state index < -0.39 is 0 Å². The quantitative estimate of drug-likeness (QED) is 0.819. The van der Waals surface area contributed by atoms with Gasteiger partial charge in [-0.25, -0.2) is 4.68 Å². The second kappa shape index (κ2) is 5.52. The topological polar surface area (TPSA) is 93.0 Å². The summed E-state index contributed by atoms with van der Waals surface area (Å²) < 4.78 is 1.49. The molecule has 2 aromatic rings. The van der Waals surface area contributed by atoms with Crippen LogP contribution in [0.4, 0.5) is 11.4 Å². The van der Waals surface area contributed by atoms with Crippen molar-refractivity contribution in [1.29, 1.82) is 0 Å². The maximum atomic E-state index is 12.4. The van der Waals surface area contributed by atoms with Crippen LogP contribution in [-0.4, -0.2) is 44.3 Å². The number of fused-ring (bicyclic) bond motifs is 1. The van der Waals surface area contributed by atoms with Crippen LogP contribution in [0.5, 0.6) is 0 Å². The zero-order valence-electron chi connectivity index (χ0n) is 11.2. The monoisotopic (exact) mass is 304 g/mol. The fraction of sp³-hybridized carbons (Fsp3) is 0.250. The van der Waals surface area contributed by atoms with Crippen molar-refractivity contribution in [3.63, 3.8) is 0 Å². The van der Waals surface area contributed by atoms with Gasteiger partial charge in [0.15, 0.2) is 0 Å². The van der Waals surface area contributed by atoms with Gasteiger partial charge in [-0.3, -0.25) is 9.59 Å². The average Bonchev–Trinajstić information content (AvgIpc) is 2.89. The molecule has 0 atom stereocenters. The van der Waals surface area contributed by atoms with Gasteiger partial charge in [0.2, 0.25) is 17.0 Å². The Morgan fingerprint density at radius 3 is 3.00 bits per heavy atom. The van der Waals surface area contributed by atoms with Crippen LogP contribution in [0, 0.1) is 0 Å². The minimum Gasteiger partial charge on any atom is -0.323 e. The molecule has 0 bridgehead atoms. The highest BCUT2D eigenvalue weighted by atomic mass is 32.2. The van der Waals surface area contributed by atoms with Crippen molar-refractivity contribution < 1.29 is 9.59 Å². The summed E-state index contributed by atoms with van der Waals surface area (Å²) in [6.45, 7) is 0.0213. The predicted octanol–water partition coefficient (Wildman–Crippen LogP) is 0.287. The zero-order chi connectivity index (χ0) is 14.8. The number of anilines is 2. The molecule has 9 heteroatoms. The number of nitrogens with zero attached hydrogens (tertiary/aromatic N) is 5. The fourth-order valence-electron chi connectivity index (χ4n) is 2.00. The standard InChI is InChI=1S/C12H12N6O2S/c1-17-12(14-15-16-17)21-7-11(20)18-6-10(19)13-8-4-2-3-5-9(8)18/h2-5H,6-7H2,1H3,(H,13,19). The second-order valence-electron chi connectivity index (χ2n) is 4.42. The molecule has 0 saturated heterocycles. The highest BCUT2D eigenvalue weighted by molar-refractivity contribution is 7.99. The maximum absolute atomic E-state index is 12.4. The highest BCUT2D eigenvalue weighted by Crippen LogP contribution is 2.29. The number of nitrogens with one attached hydrogen (secondary N) is 1. The van der Waals surface area contributed by atoms with E-state index in [0.717, 1.165) is 0 Å². The molecule has 0 unspecified atom stereocenters. The molecule has 3 rings (SSSR count). The van der Waals surface area contributed by atoms with E-state index in [1.807, 2.05) is 12.1 Å². The van der Waals surface area contributed by atoms with Gasteiger partial charge in [0, 0.05) is 7.05 Å². The third kappa shape index (κ3) is 2.72. The van der Waals surface area contributed by atoms with Crippen LogP contribution in [-0.2, 0) is 16.6 Å². The van der Waals surface area contributed by atoms with E-state index in [0.29, 0.717) is 16.5 Å². The van der Waals surface area contributed by atoms with Gasteiger partial charge < -0.3 is 10.2 Å². The Labute approximate surface area is 124 Å². The first-order valence-corrected chi connectivity index (χ1v) is 7.18. The summed E-state index contributed by atoms with van der Waals surface area (Å²) in [4.78, 5) is 25.5. The number of thioether (sulfide) groups is 1. The molecule has 0 radical (unpaired) electrons. The lowest BCUT2D eigenvalue weighted by atomic mass is 10.2. The van der Waals surface area contributed by atoms with Gasteiger partial charge in [-0.2, -0.15) is 0 Å². The van der Waals surface area contributed by atoms with E-state index in [4.69, 9.17) is 0 Å². The Balaban J connectivity index is 1.76. The summed E-state index contributed by atoms with van der Waals surface area (Å²) in [7, 11) is 1.70. The summed E-state index contributed by atoms with van der Waals surface area (Å²) in [6, 6.07) is 7.22. The van der Waals surface area contributed by atoms with Crippen LogP contribution in [0.3, 0.4) is 0 Å². The largest absolute Gasteiger partial charge is 0.323 e. The molecule has 1 N–H and O–H groups in total. The van der Waals surface area contributed by atoms with Crippen LogP contribution in [0.1, 0.15) is 0 Å². The number of rotatable bonds is 3. The van der Waals surface area contributed by atoms with E-state index in [9.17, 15) is 9.59 Å². The van der Waals surface area contributed by atoms with Crippen molar-refractivity contribution in [2.75, 3.05) is 22.5 Å². The second-order valence-corrected chi connectivity index (χ2v) is 5.36. The van der Waals surface area contributed by atoms with E-state index in [1.165, 1.54) is 21.3 Å². The number of para-hydroxylation sites is 2. The first-order chi connectivity index (χ1) is 10.1. The minimum absolute atomic E-state index is 0.0213. The summed E-state index contributed by atoms with van der Waals surface area (Å²) in [5, 5.41) is 14.3. The van der Waals surface area contributed by atoms with Crippen LogP contribution < -0.4 is 10.2 Å². The Kier molecular flexibility index (Phi) is 3.57. The molecule has 1 aromatic heterocycles. The molecule has 8 nitrogen and oxygen atoms in total. The van der Waals surface area contributed by atoms with Gasteiger partial charge in [-0.05, 0) is 22.6 Å². The molecular weight excluding hydrogens is 292 g/mol. The lowest BCUT2D eigenvalue weighted by Gasteiger charge is -2.28. The van der Waals surface area contributed by atoms with E-state index in [1.54, 1.807) is 19.2 Å². The number of tetrazole rings is 1. The van der Waals surface area contributed by atoms with Gasteiger partial charge in [0.05, 0.1) is 17.1 Å². The SMILES string of the molecule is Cn1nnnc1SCC(=O)N1CC(=O)Nc2ccccc21. The average molecular weight is 304 g/mol. The number of carbonyl (C=O) groups excluding carboxylic acids is 2. The first kappa shape index (κ1) is 13.6. The summed E-state index contributed by atoms with van der Waals surface area (Å²) in [5.74, 6) is -0.201. The van der Waals surface area contributed by atoms with Crippen LogP contribution >= 0.6 is 11.8 Å². The predicted molar refractivity (Wildman–Crippen MR) is 76.9 cm³/mol. The molecule has 1 aliphatic rings. The normalized spacial score (nSPS) is 13.8. The smallest absolute Gasteiger partial charge is 0.244 e. The Morgan fingerprint density at radius 2 is 2.24 bits per heavy atom. The van der Waals surface area contributed by atoms with E-state index in [2.05, 4.69) is 20.8 Å². The van der Waals surface area contributed by atoms with Crippen LogP contribution in [0.15, 0.2) is 29.4 Å². The Hall–Kier alpha value is -2.42. The third-order valence-electron chi connectivity index (χ3n) is 2.98. The van der Waals surface area contributed by atoms with E-state index in [-0.39, 0.29) is 24.1 Å². The van der Waals surface area contributed by atoms with Crippen molar-refractivity contribution in [1.82, 2.24) is 20.2 Å². The third-order valence-corrected chi connectivity index (χ3v) is 3.97. The molecule has 0 saturated carbocycles. The molecule has 2 heterocycles. The van der Waals surface area contributed by atoms with E-state index >= 15 is 0 Å².